The summed E-state index contributed by atoms with van der Waals surface area (Å²) in [5.74, 6) is 0. The van der Waals surface area contributed by atoms with E-state index in [1.807, 2.05) is 0 Å². The highest BCUT2D eigenvalue weighted by Crippen LogP contribution is 2.22. The SMILES string of the molecule is CN1CCCC1N1CCCC1. The van der Waals surface area contributed by atoms with Gasteiger partial charge in [-0.3, -0.25) is 9.80 Å². The van der Waals surface area contributed by atoms with Crippen LogP contribution in [0.15, 0.2) is 0 Å². The zero-order valence-corrected chi connectivity index (χ0v) is 7.42. The summed E-state index contributed by atoms with van der Waals surface area (Å²) in [5.41, 5.74) is 0. The zero-order valence-electron chi connectivity index (χ0n) is 7.42. The summed E-state index contributed by atoms with van der Waals surface area (Å²) >= 11 is 0. The average molecular weight is 154 g/mol. The lowest BCUT2D eigenvalue weighted by atomic mass is 10.3. The van der Waals surface area contributed by atoms with E-state index >= 15 is 0 Å². The van der Waals surface area contributed by atoms with Crippen LogP contribution in [0, 0.1) is 0 Å². The van der Waals surface area contributed by atoms with Gasteiger partial charge in [-0.1, -0.05) is 0 Å². The van der Waals surface area contributed by atoms with Crippen LogP contribution >= 0.6 is 0 Å². The minimum Gasteiger partial charge on any atom is -0.291 e. The molecule has 2 aliphatic heterocycles. The van der Waals surface area contributed by atoms with Crippen LogP contribution in [0.1, 0.15) is 25.7 Å². The van der Waals surface area contributed by atoms with Crippen molar-refractivity contribution in [2.24, 2.45) is 0 Å². The Balaban J connectivity index is 1.92. The lowest BCUT2D eigenvalue weighted by Crippen LogP contribution is -2.40. The Morgan fingerprint density at radius 2 is 1.73 bits per heavy atom. The molecule has 2 heteroatoms. The first kappa shape index (κ1) is 7.56. The Bertz CT molecular complexity index is 130. The van der Waals surface area contributed by atoms with Crippen molar-refractivity contribution < 1.29 is 0 Å². The highest BCUT2D eigenvalue weighted by molar-refractivity contribution is 4.80. The number of likely N-dealkylation sites (tertiary alicyclic amines) is 2. The fraction of sp³-hybridized carbons (Fsp3) is 1.00. The molecule has 0 aliphatic carbocycles. The zero-order chi connectivity index (χ0) is 7.68. The minimum absolute atomic E-state index is 0.789. The summed E-state index contributed by atoms with van der Waals surface area (Å²) in [6, 6.07) is 0. The molecule has 2 rings (SSSR count). The second-order valence-corrected chi connectivity index (χ2v) is 3.85. The average Bonchev–Trinajstić information content (AvgIpc) is 2.55. The van der Waals surface area contributed by atoms with Gasteiger partial charge in [0.15, 0.2) is 0 Å². The van der Waals surface area contributed by atoms with Crippen molar-refractivity contribution in [3.8, 4) is 0 Å². The molecule has 1 unspecified atom stereocenters. The van der Waals surface area contributed by atoms with Crippen molar-refractivity contribution in [3.63, 3.8) is 0 Å². The molecule has 0 aromatic rings. The van der Waals surface area contributed by atoms with Gasteiger partial charge in [0.2, 0.25) is 0 Å². The lowest BCUT2D eigenvalue weighted by Gasteiger charge is -2.29. The summed E-state index contributed by atoms with van der Waals surface area (Å²) in [4.78, 5) is 5.15. The van der Waals surface area contributed by atoms with E-state index in [0.717, 1.165) is 6.17 Å². The summed E-state index contributed by atoms with van der Waals surface area (Å²) in [5, 5.41) is 0. The van der Waals surface area contributed by atoms with Gasteiger partial charge in [-0.25, -0.2) is 0 Å². The third-order valence-corrected chi connectivity index (χ3v) is 3.04. The van der Waals surface area contributed by atoms with E-state index in [2.05, 4.69) is 16.8 Å². The van der Waals surface area contributed by atoms with Crippen LogP contribution in [-0.4, -0.2) is 42.6 Å². The molecular weight excluding hydrogens is 136 g/mol. The first-order valence-electron chi connectivity index (χ1n) is 4.82. The van der Waals surface area contributed by atoms with Gasteiger partial charge in [0, 0.05) is 0 Å². The van der Waals surface area contributed by atoms with Crippen molar-refractivity contribution >= 4 is 0 Å². The van der Waals surface area contributed by atoms with Gasteiger partial charge in [0.25, 0.3) is 0 Å². The lowest BCUT2D eigenvalue weighted by molar-refractivity contribution is 0.119. The molecule has 0 radical (unpaired) electrons. The van der Waals surface area contributed by atoms with Crippen LogP contribution in [0.5, 0.6) is 0 Å². The molecule has 2 fully saturated rings. The predicted octanol–water partition coefficient (Wildman–Crippen LogP) is 1.13. The number of hydrogen-bond acceptors (Lipinski definition) is 2. The van der Waals surface area contributed by atoms with E-state index in [-0.39, 0.29) is 0 Å². The van der Waals surface area contributed by atoms with E-state index in [9.17, 15) is 0 Å². The Kier molecular flexibility index (Phi) is 2.14. The highest BCUT2D eigenvalue weighted by Gasteiger charge is 2.28. The van der Waals surface area contributed by atoms with Gasteiger partial charge in [-0.05, 0) is 52.4 Å². The second kappa shape index (κ2) is 3.11. The Morgan fingerprint density at radius 1 is 1.00 bits per heavy atom. The standard InChI is InChI=1S/C9H18N2/c1-10-6-4-5-9(10)11-7-2-3-8-11/h9H,2-8H2,1H3. The van der Waals surface area contributed by atoms with Crippen molar-refractivity contribution in [1.29, 1.82) is 0 Å². The fourth-order valence-corrected chi connectivity index (χ4v) is 2.39. The van der Waals surface area contributed by atoms with Crippen molar-refractivity contribution in [3.05, 3.63) is 0 Å². The van der Waals surface area contributed by atoms with Crippen molar-refractivity contribution in [2.45, 2.75) is 31.8 Å². The maximum absolute atomic E-state index is 2.65. The Labute approximate surface area is 69.2 Å². The van der Waals surface area contributed by atoms with E-state index in [4.69, 9.17) is 0 Å². The third-order valence-electron chi connectivity index (χ3n) is 3.04. The monoisotopic (exact) mass is 154 g/mol. The van der Waals surface area contributed by atoms with Gasteiger partial charge in [-0.15, -0.1) is 0 Å². The van der Waals surface area contributed by atoms with E-state index < -0.39 is 0 Å². The molecule has 0 N–H and O–H groups in total. The Hall–Kier alpha value is -0.0800. The largest absolute Gasteiger partial charge is 0.291 e. The topological polar surface area (TPSA) is 6.48 Å². The molecular formula is C9H18N2. The smallest absolute Gasteiger partial charge is 0.0620 e. The molecule has 0 aromatic heterocycles. The first-order valence-corrected chi connectivity index (χ1v) is 4.82. The number of rotatable bonds is 1. The van der Waals surface area contributed by atoms with Gasteiger partial charge >= 0.3 is 0 Å². The van der Waals surface area contributed by atoms with Crippen LogP contribution in [0.25, 0.3) is 0 Å². The molecule has 2 nitrogen and oxygen atoms in total. The fourth-order valence-electron chi connectivity index (χ4n) is 2.39. The quantitative estimate of drug-likeness (QED) is 0.558. The molecule has 64 valence electrons. The van der Waals surface area contributed by atoms with Gasteiger partial charge in [-0.2, -0.15) is 0 Å². The second-order valence-electron chi connectivity index (χ2n) is 3.85. The molecule has 0 spiro atoms. The van der Waals surface area contributed by atoms with Crippen molar-refractivity contribution in [2.75, 3.05) is 26.7 Å². The molecule has 2 heterocycles. The van der Waals surface area contributed by atoms with E-state index in [1.54, 1.807) is 0 Å². The maximum atomic E-state index is 2.65. The minimum atomic E-state index is 0.789. The Morgan fingerprint density at radius 3 is 2.27 bits per heavy atom. The normalized spacial score (nSPS) is 35.2. The third kappa shape index (κ3) is 1.42. The molecule has 0 aromatic carbocycles. The maximum Gasteiger partial charge on any atom is 0.0620 e. The molecule has 2 saturated heterocycles. The van der Waals surface area contributed by atoms with Crippen LogP contribution in [0.3, 0.4) is 0 Å². The predicted molar refractivity (Wildman–Crippen MR) is 46.5 cm³/mol. The molecule has 11 heavy (non-hydrogen) atoms. The summed E-state index contributed by atoms with van der Waals surface area (Å²) in [6.07, 6.45) is 6.43. The van der Waals surface area contributed by atoms with Gasteiger partial charge in [0.05, 0.1) is 6.17 Å². The first-order chi connectivity index (χ1) is 5.38. The van der Waals surface area contributed by atoms with E-state index in [1.165, 1.54) is 45.3 Å². The van der Waals surface area contributed by atoms with Crippen LogP contribution < -0.4 is 0 Å². The van der Waals surface area contributed by atoms with Crippen LogP contribution in [-0.2, 0) is 0 Å². The summed E-state index contributed by atoms with van der Waals surface area (Å²) in [6.45, 7) is 3.99. The number of nitrogens with zero attached hydrogens (tertiary/aromatic N) is 2. The molecule has 0 amide bonds. The van der Waals surface area contributed by atoms with Crippen molar-refractivity contribution in [1.82, 2.24) is 9.80 Å². The molecule has 0 bridgehead atoms. The van der Waals surface area contributed by atoms with Gasteiger partial charge in [0.1, 0.15) is 0 Å². The van der Waals surface area contributed by atoms with Gasteiger partial charge < -0.3 is 0 Å². The van der Waals surface area contributed by atoms with Crippen LogP contribution in [0.2, 0.25) is 0 Å². The molecule has 2 aliphatic rings. The summed E-state index contributed by atoms with van der Waals surface area (Å²) < 4.78 is 0. The molecule has 0 saturated carbocycles. The highest BCUT2D eigenvalue weighted by atomic mass is 15.4. The summed E-state index contributed by atoms with van der Waals surface area (Å²) in [7, 11) is 2.26. The number of hydrogen-bond donors (Lipinski definition) is 0. The molecule has 1 atom stereocenters. The van der Waals surface area contributed by atoms with Crippen LogP contribution in [0.4, 0.5) is 0 Å². The van der Waals surface area contributed by atoms with E-state index in [0.29, 0.717) is 0 Å².